The highest BCUT2D eigenvalue weighted by molar-refractivity contribution is 7.98. The number of guanidine groups is 1. The second-order valence-corrected chi connectivity index (χ2v) is 5.73. The van der Waals surface area contributed by atoms with Crippen molar-refractivity contribution >= 4 is 52.5 Å². The van der Waals surface area contributed by atoms with Crippen LogP contribution in [-0.2, 0) is 0 Å². The van der Waals surface area contributed by atoms with E-state index in [0.29, 0.717) is 21.7 Å². The van der Waals surface area contributed by atoms with Crippen LogP contribution in [0.3, 0.4) is 0 Å². The summed E-state index contributed by atoms with van der Waals surface area (Å²) >= 11 is 13.3. The summed E-state index contributed by atoms with van der Waals surface area (Å²) in [7, 11) is 0. The predicted octanol–water partition coefficient (Wildman–Crippen LogP) is 4.41. The highest BCUT2D eigenvalue weighted by Gasteiger charge is 2.17. The predicted molar refractivity (Wildman–Crippen MR) is 84.3 cm³/mol. The van der Waals surface area contributed by atoms with E-state index < -0.39 is 0 Å². The molecule has 102 valence electrons. The Hall–Kier alpha value is -1.56. The number of hydrogen-bond acceptors (Lipinski definition) is 5. The van der Waals surface area contributed by atoms with Crippen LogP contribution < -0.4 is 10.0 Å². The molecule has 2 aromatic carbocycles. The fraction of sp³-hybridized carbons (Fsp3) is 0. The van der Waals surface area contributed by atoms with Crippen molar-refractivity contribution in [1.82, 2.24) is 4.72 Å². The van der Waals surface area contributed by atoms with Crippen LogP contribution in [-0.4, -0.2) is 11.1 Å². The molecular weight excluding hydrogens is 317 g/mol. The molecule has 0 saturated heterocycles. The Labute approximate surface area is 130 Å². The first-order chi connectivity index (χ1) is 9.63. The zero-order valence-corrected chi connectivity index (χ0v) is 12.4. The van der Waals surface area contributed by atoms with Crippen LogP contribution in [0.15, 0.2) is 46.3 Å². The molecular formula is C13H9Cl2N3OS. The molecule has 1 heterocycles. The Kier molecular flexibility index (Phi) is 3.65. The van der Waals surface area contributed by atoms with Crippen molar-refractivity contribution in [3.63, 3.8) is 0 Å². The third-order valence-corrected chi connectivity index (χ3v) is 4.00. The van der Waals surface area contributed by atoms with Crippen molar-refractivity contribution in [1.29, 1.82) is 0 Å². The van der Waals surface area contributed by atoms with Gasteiger partial charge < -0.3 is 10.4 Å². The standard InChI is InChI=1S/C13H9Cl2N3OS/c14-7-5-10(19)12-11(6-7)20-18-13(17-12)16-9-4-2-1-3-8(9)15/h1-6,19H,(H2,16,17,18). The maximum absolute atomic E-state index is 9.89. The first-order valence-corrected chi connectivity index (χ1v) is 7.26. The van der Waals surface area contributed by atoms with Crippen molar-refractivity contribution in [2.45, 2.75) is 4.90 Å². The lowest BCUT2D eigenvalue weighted by Gasteiger charge is -2.19. The summed E-state index contributed by atoms with van der Waals surface area (Å²) < 4.78 is 3.03. The van der Waals surface area contributed by atoms with E-state index in [-0.39, 0.29) is 5.75 Å². The van der Waals surface area contributed by atoms with Gasteiger partial charge in [-0.3, -0.25) is 4.72 Å². The minimum absolute atomic E-state index is 0.0416. The van der Waals surface area contributed by atoms with E-state index >= 15 is 0 Å². The SMILES string of the molecule is Oc1cc(Cl)cc2c1N=C(Nc1ccccc1Cl)NS2. The highest BCUT2D eigenvalue weighted by Crippen LogP contribution is 2.41. The molecule has 3 rings (SSSR count). The molecule has 3 N–H and O–H groups in total. The third-order valence-electron chi connectivity index (χ3n) is 2.63. The largest absolute Gasteiger partial charge is 0.506 e. The number of nitrogens with zero attached hydrogens (tertiary/aromatic N) is 1. The number of aliphatic imine (C=N–C) groups is 1. The Morgan fingerprint density at radius 2 is 2.00 bits per heavy atom. The molecule has 20 heavy (non-hydrogen) atoms. The Morgan fingerprint density at radius 1 is 1.20 bits per heavy atom. The van der Waals surface area contributed by atoms with Gasteiger partial charge in [0.1, 0.15) is 11.4 Å². The number of phenols is 1. The van der Waals surface area contributed by atoms with Gasteiger partial charge in [-0.1, -0.05) is 35.3 Å². The number of rotatable bonds is 1. The summed E-state index contributed by atoms with van der Waals surface area (Å²) in [5.74, 6) is 0.535. The van der Waals surface area contributed by atoms with E-state index in [0.717, 1.165) is 10.6 Å². The summed E-state index contributed by atoms with van der Waals surface area (Å²) in [6.07, 6.45) is 0. The van der Waals surface area contributed by atoms with Gasteiger partial charge in [0.05, 0.1) is 15.6 Å². The summed E-state index contributed by atoms with van der Waals surface area (Å²) in [5, 5.41) is 14.0. The molecule has 0 spiro atoms. The number of halogens is 2. The lowest BCUT2D eigenvalue weighted by atomic mass is 10.3. The second-order valence-electron chi connectivity index (χ2n) is 4.04. The van der Waals surface area contributed by atoms with Gasteiger partial charge in [0.25, 0.3) is 0 Å². The topological polar surface area (TPSA) is 56.7 Å². The Balaban J connectivity index is 1.93. The number of nitrogens with one attached hydrogen (secondary N) is 2. The first-order valence-electron chi connectivity index (χ1n) is 5.69. The van der Waals surface area contributed by atoms with E-state index in [9.17, 15) is 5.11 Å². The van der Waals surface area contributed by atoms with Crippen molar-refractivity contribution in [3.05, 3.63) is 46.4 Å². The summed E-state index contributed by atoms with van der Waals surface area (Å²) in [4.78, 5) is 5.09. The number of aromatic hydroxyl groups is 1. The van der Waals surface area contributed by atoms with Gasteiger partial charge in [-0.05, 0) is 30.1 Å². The van der Waals surface area contributed by atoms with Gasteiger partial charge >= 0.3 is 0 Å². The fourth-order valence-corrected chi connectivity index (χ4v) is 2.93. The monoisotopic (exact) mass is 325 g/mol. The van der Waals surface area contributed by atoms with E-state index in [1.807, 2.05) is 18.2 Å². The third kappa shape index (κ3) is 2.65. The molecule has 0 atom stereocenters. The van der Waals surface area contributed by atoms with Crippen LogP contribution in [0, 0.1) is 0 Å². The molecule has 0 bridgehead atoms. The van der Waals surface area contributed by atoms with Crippen LogP contribution in [0.2, 0.25) is 10.0 Å². The van der Waals surface area contributed by atoms with E-state index in [2.05, 4.69) is 15.0 Å². The van der Waals surface area contributed by atoms with E-state index in [1.165, 1.54) is 18.0 Å². The minimum atomic E-state index is 0.0416. The molecule has 0 saturated carbocycles. The van der Waals surface area contributed by atoms with Gasteiger partial charge in [0, 0.05) is 11.1 Å². The van der Waals surface area contributed by atoms with Crippen molar-refractivity contribution in [2.24, 2.45) is 4.99 Å². The maximum atomic E-state index is 9.89. The molecule has 1 aliphatic rings. The molecule has 1 aliphatic heterocycles. The number of fused-ring (bicyclic) bond motifs is 1. The van der Waals surface area contributed by atoms with Gasteiger partial charge in [-0.2, -0.15) is 0 Å². The minimum Gasteiger partial charge on any atom is -0.506 e. The van der Waals surface area contributed by atoms with E-state index in [4.69, 9.17) is 23.2 Å². The zero-order valence-electron chi connectivity index (χ0n) is 10.0. The number of phenolic OH excluding ortho intramolecular Hbond substituents is 1. The maximum Gasteiger partial charge on any atom is 0.211 e. The van der Waals surface area contributed by atoms with Crippen LogP contribution in [0.1, 0.15) is 0 Å². The normalized spacial score (nSPS) is 13.2. The molecule has 2 aromatic rings. The quantitative estimate of drug-likeness (QED) is 0.680. The molecule has 0 amide bonds. The van der Waals surface area contributed by atoms with Crippen LogP contribution >= 0.6 is 35.1 Å². The second kappa shape index (κ2) is 5.44. The first kappa shape index (κ1) is 13.4. The van der Waals surface area contributed by atoms with Gasteiger partial charge in [0.15, 0.2) is 0 Å². The Bertz CT molecular complexity index is 706. The molecule has 0 unspecified atom stereocenters. The van der Waals surface area contributed by atoms with Gasteiger partial charge in [-0.25, -0.2) is 4.99 Å². The lowest BCUT2D eigenvalue weighted by molar-refractivity contribution is 0.475. The van der Waals surface area contributed by atoms with Crippen molar-refractivity contribution in [2.75, 3.05) is 5.32 Å². The lowest BCUT2D eigenvalue weighted by Crippen LogP contribution is -2.26. The van der Waals surface area contributed by atoms with Crippen molar-refractivity contribution < 1.29 is 5.11 Å². The molecule has 4 nitrogen and oxygen atoms in total. The number of para-hydroxylation sites is 1. The number of hydrogen-bond donors (Lipinski definition) is 3. The molecule has 0 aliphatic carbocycles. The summed E-state index contributed by atoms with van der Waals surface area (Å²) in [5.41, 5.74) is 1.21. The number of benzene rings is 2. The fourth-order valence-electron chi connectivity index (χ4n) is 1.73. The summed E-state index contributed by atoms with van der Waals surface area (Å²) in [6.45, 7) is 0. The molecule has 0 aromatic heterocycles. The average molecular weight is 326 g/mol. The molecule has 0 radical (unpaired) electrons. The van der Waals surface area contributed by atoms with Crippen molar-refractivity contribution in [3.8, 4) is 5.75 Å². The Morgan fingerprint density at radius 3 is 2.80 bits per heavy atom. The average Bonchev–Trinajstić information content (AvgIpc) is 2.42. The van der Waals surface area contributed by atoms with E-state index in [1.54, 1.807) is 12.1 Å². The zero-order chi connectivity index (χ0) is 14.1. The summed E-state index contributed by atoms with van der Waals surface area (Å²) in [6, 6.07) is 10.5. The van der Waals surface area contributed by atoms with Crippen LogP contribution in [0.25, 0.3) is 0 Å². The molecule has 0 fully saturated rings. The molecule has 7 heteroatoms. The highest BCUT2D eigenvalue weighted by atomic mass is 35.5. The van der Waals surface area contributed by atoms with Crippen LogP contribution in [0.4, 0.5) is 11.4 Å². The smallest absolute Gasteiger partial charge is 0.211 e. The number of anilines is 1. The van der Waals surface area contributed by atoms with Gasteiger partial charge in [-0.15, -0.1) is 0 Å². The van der Waals surface area contributed by atoms with Gasteiger partial charge in [0.2, 0.25) is 5.96 Å². The van der Waals surface area contributed by atoms with Crippen LogP contribution in [0.5, 0.6) is 5.75 Å².